The number of thioether (sulfide) groups is 1. The number of hydrogen-bond acceptors (Lipinski definition) is 5. The molecule has 0 saturated heterocycles. The Morgan fingerprint density at radius 3 is 2.96 bits per heavy atom. The largest absolute Gasteiger partial charge is 0.360 e. The Bertz CT molecular complexity index is 774. The Morgan fingerprint density at radius 2 is 2.20 bits per heavy atom. The maximum Gasteiger partial charge on any atom is 0.238 e. The molecule has 1 atom stereocenters. The number of para-hydroxylation sites is 1. The van der Waals surface area contributed by atoms with Crippen molar-refractivity contribution in [1.82, 2.24) is 5.16 Å². The summed E-state index contributed by atoms with van der Waals surface area (Å²) >= 11 is 1.33. The third kappa shape index (κ3) is 4.22. The number of carbonyl (C=O) groups excluding carboxylic acids is 2. The molecule has 0 fully saturated rings. The lowest BCUT2D eigenvalue weighted by atomic mass is 10.0. The van der Waals surface area contributed by atoms with Crippen LogP contribution in [-0.2, 0) is 16.0 Å². The Labute approximate surface area is 150 Å². The van der Waals surface area contributed by atoms with E-state index in [1.165, 1.54) is 17.3 Å². The summed E-state index contributed by atoms with van der Waals surface area (Å²) in [5.74, 6) is 1.14. The van der Waals surface area contributed by atoms with Crippen LogP contribution in [0.15, 0.2) is 34.9 Å². The number of carbonyl (C=O) groups is 2. The van der Waals surface area contributed by atoms with Gasteiger partial charge in [0, 0.05) is 18.3 Å². The highest BCUT2D eigenvalue weighted by atomic mass is 32.2. The molecule has 132 valence electrons. The molecule has 2 heterocycles. The van der Waals surface area contributed by atoms with E-state index in [0.717, 1.165) is 25.1 Å². The van der Waals surface area contributed by atoms with E-state index in [9.17, 15) is 9.59 Å². The van der Waals surface area contributed by atoms with Gasteiger partial charge in [0.25, 0.3) is 0 Å². The van der Waals surface area contributed by atoms with Gasteiger partial charge in [0.2, 0.25) is 11.8 Å². The lowest BCUT2D eigenvalue weighted by Gasteiger charge is -2.29. The van der Waals surface area contributed by atoms with Gasteiger partial charge in [-0.1, -0.05) is 23.4 Å². The summed E-state index contributed by atoms with van der Waals surface area (Å²) in [6.07, 6.45) is 1.97. The predicted molar refractivity (Wildman–Crippen MR) is 98.9 cm³/mol. The number of amides is 2. The molecule has 0 bridgehead atoms. The molecule has 1 unspecified atom stereocenters. The fraction of sp³-hybridized carbons (Fsp3) is 0.389. The Hall–Kier alpha value is -2.28. The van der Waals surface area contributed by atoms with Gasteiger partial charge in [-0.05, 0) is 38.3 Å². The van der Waals surface area contributed by atoms with Gasteiger partial charge in [-0.25, -0.2) is 0 Å². The standard InChI is InChI=1S/C18H21N3O3S/c1-12-10-16(20-24-12)19-18(23)13(2)25-11-17(22)21-9-5-7-14-6-3-4-8-15(14)21/h3-4,6,8,10,13H,5,7,9,11H2,1-2H3,(H,19,20,23). The molecule has 1 aliphatic rings. The topological polar surface area (TPSA) is 75.4 Å². The van der Waals surface area contributed by atoms with Crippen molar-refractivity contribution in [2.75, 3.05) is 22.5 Å². The van der Waals surface area contributed by atoms with Crippen molar-refractivity contribution < 1.29 is 14.1 Å². The molecule has 0 radical (unpaired) electrons. The minimum Gasteiger partial charge on any atom is -0.360 e. The van der Waals surface area contributed by atoms with Crippen molar-refractivity contribution in [2.24, 2.45) is 0 Å². The van der Waals surface area contributed by atoms with Gasteiger partial charge in [0.05, 0.1) is 11.0 Å². The third-order valence-electron chi connectivity index (χ3n) is 4.12. The lowest BCUT2D eigenvalue weighted by molar-refractivity contribution is -0.116. The van der Waals surface area contributed by atoms with E-state index in [0.29, 0.717) is 11.6 Å². The van der Waals surface area contributed by atoms with Gasteiger partial charge < -0.3 is 14.7 Å². The Morgan fingerprint density at radius 1 is 1.40 bits per heavy atom. The van der Waals surface area contributed by atoms with Crippen LogP contribution in [-0.4, -0.2) is 34.5 Å². The molecule has 7 heteroatoms. The van der Waals surface area contributed by atoms with E-state index >= 15 is 0 Å². The van der Waals surface area contributed by atoms with E-state index in [-0.39, 0.29) is 22.8 Å². The van der Waals surface area contributed by atoms with Gasteiger partial charge in [0.15, 0.2) is 5.82 Å². The normalized spacial score (nSPS) is 14.7. The van der Waals surface area contributed by atoms with Crippen molar-refractivity contribution in [3.8, 4) is 0 Å². The highest BCUT2D eigenvalue weighted by molar-refractivity contribution is 8.01. The van der Waals surface area contributed by atoms with Gasteiger partial charge in [-0.15, -0.1) is 11.8 Å². The number of rotatable bonds is 5. The van der Waals surface area contributed by atoms with E-state index in [1.54, 1.807) is 19.9 Å². The second-order valence-electron chi connectivity index (χ2n) is 6.04. The summed E-state index contributed by atoms with van der Waals surface area (Å²) in [6, 6.07) is 9.66. The molecular weight excluding hydrogens is 338 g/mol. The molecule has 25 heavy (non-hydrogen) atoms. The van der Waals surface area contributed by atoms with Crippen LogP contribution in [0.5, 0.6) is 0 Å². The fourth-order valence-corrected chi connectivity index (χ4v) is 3.55. The van der Waals surface area contributed by atoms with Crippen LogP contribution >= 0.6 is 11.8 Å². The maximum absolute atomic E-state index is 12.6. The van der Waals surface area contributed by atoms with Gasteiger partial charge in [-0.2, -0.15) is 0 Å². The summed E-state index contributed by atoms with van der Waals surface area (Å²) in [6.45, 7) is 4.27. The molecule has 1 aromatic heterocycles. The number of benzene rings is 1. The molecule has 1 aliphatic heterocycles. The van der Waals surface area contributed by atoms with Crippen molar-refractivity contribution in [3.05, 3.63) is 41.7 Å². The Kier molecular flexibility index (Phi) is 5.43. The van der Waals surface area contributed by atoms with Crippen LogP contribution in [0.4, 0.5) is 11.5 Å². The molecule has 2 aromatic rings. The molecule has 0 saturated carbocycles. The SMILES string of the molecule is Cc1cc(NC(=O)C(C)SCC(=O)N2CCCc3ccccc32)no1. The van der Waals surface area contributed by atoms with E-state index in [2.05, 4.69) is 16.5 Å². The third-order valence-corrected chi connectivity index (χ3v) is 5.24. The van der Waals surface area contributed by atoms with Crippen LogP contribution in [0.2, 0.25) is 0 Å². The lowest BCUT2D eigenvalue weighted by Crippen LogP contribution is -2.37. The van der Waals surface area contributed by atoms with Crippen LogP contribution in [0.3, 0.4) is 0 Å². The number of aromatic nitrogens is 1. The average Bonchev–Trinajstić information content (AvgIpc) is 3.03. The first-order valence-electron chi connectivity index (χ1n) is 8.28. The first-order valence-corrected chi connectivity index (χ1v) is 9.33. The minimum atomic E-state index is -0.360. The zero-order valence-corrected chi connectivity index (χ0v) is 15.1. The summed E-state index contributed by atoms with van der Waals surface area (Å²) in [5.41, 5.74) is 2.20. The summed E-state index contributed by atoms with van der Waals surface area (Å²) in [4.78, 5) is 26.6. The van der Waals surface area contributed by atoms with Gasteiger partial charge in [-0.3, -0.25) is 9.59 Å². The fourth-order valence-electron chi connectivity index (χ4n) is 2.80. The van der Waals surface area contributed by atoms with Gasteiger partial charge >= 0.3 is 0 Å². The monoisotopic (exact) mass is 359 g/mol. The first kappa shape index (κ1) is 17.5. The van der Waals surface area contributed by atoms with Crippen LogP contribution in [0.25, 0.3) is 0 Å². The predicted octanol–water partition coefficient (Wildman–Crippen LogP) is 3.02. The molecule has 2 amide bonds. The smallest absolute Gasteiger partial charge is 0.238 e. The summed E-state index contributed by atoms with van der Waals surface area (Å²) < 4.78 is 4.92. The number of nitrogens with zero attached hydrogens (tertiary/aromatic N) is 2. The van der Waals surface area contributed by atoms with E-state index in [1.807, 2.05) is 23.1 Å². The van der Waals surface area contributed by atoms with Crippen molar-refractivity contribution in [3.63, 3.8) is 0 Å². The van der Waals surface area contributed by atoms with Crippen molar-refractivity contribution in [2.45, 2.75) is 31.9 Å². The number of hydrogen-bond donors (Lipinski definition) is 1. The van der Waals surface area contributed by atoms with Crippen LogP contribution in [0, 0.1) is 6.92 Å². The van der Waals surface area contributed by atoms with Crippen molar-refractivity contribution >= 4 is 35.1 Å². The summed E-state index contributed by atoms with van der Waals surface area (Å²) in [7, 11) is 0. The highest BCUT2D eigenvalue weighted by Crippen LogP contribution is 2.27. The zero-order chi connectivity index (χ0) is 17.8. The maximum atomic E-state index is 12.6. The molecule has 1 N–H and O–H groups in total. The van der Waals surface area contributed by atoms with E-state index in [4.69, 9.17) is 4.52 Å². The second-order valence-corrected chi connectivity index (χ2v) is 7.37. The van der Waals surface area contributed by atoms with Crippen molar-refractivity contribution in [1.29, 1.82) is 0 Å². The molecular formula is C18H21N3O3S. The zero-order valence-electron chi connectivity index (χ0n) is 14.3. The molecule has 0 aliphatic carbocycles. The quantitative estimate of drug-likeness (QED) is 0.888. The second kappa shape index (κ2) is 7.74. The van der Waals surface area contributed by atoms with E-state index < -0.39 is 0 Å². The molecule has 6 nitrogen and oxygen atoms in total. The van der Waals surface area contributed by atoms with Gasteiger partial charge in [0.1, 0.15) is 5.76 Å². The van der Waals surface area contributed by atoms with Crippen LogP contribution in [0.1, 0.15) is 24.7 Å². The molecule has 1 aromatic carbocycles. The molecule has 3 rings (SSSR count). The highest BCUT2D eigenvalue weighted by Gasteiger charge is 2.24. The number of anilines is 2. The average molecular weight is 359 g/mol. The molecule has 0 spiro atoms. The Balaban J connectivity index is 1.54. The first-order chi connectivity index (χ1) is 12.0. The minimum absolute atomic E-state index is 0.0362. The number of fused-ring (bicyclic) bond motifs is 1. The number of nitrogens with one attached hydrogen (secondary N) is 1. The van der Waals surface area contributed by atoms with Crippen LogP contribution < -0.4 is 10.2 Å². The summed E-state index contributed by atoms with van der Waals surface area (Å²) in [5, 5.41) is 6.07. The number of aryl methyl sites for hydroxylation is 2.